The average Bonchev–Trinajstić information content (AvgIpc) is 2.76. The largest absolute Gasteiger partial charge is 0.494 e. The molecule has 0 unspecified atom stereocenters. The van der Waals surface area contributed by atoms with Crippen LogP contribution in [-0.4, -0.2) is 35.0 Å². The Kier molecular flexibility index (Phi) is 6.32. The number of rotatable bonds is 2. The summed E-state index contributed by atoms with van der Waals surface area (Å²) < 4.78 is 21.7. The zero-order valence-electron chi connectivity index (χ0n) is 16.4. The van der Waals surface area contributed by atoms with E-state index in [0.717, 1.165) is 22.3 Å². The Labute approximate surface area is 159 Å². The van der Waals surface area contributed by atoms with Crippen LogP contribution in [0.2, 0.25) is 0 Å². The van der Waals surface area contributed by atoms with E-state index in [1.807, 2.05) is 24.3 Å². The first-order valence-electron chi connectivity index (χ1n) is 8.58. The molecule has 2 aromatic carbocycles. The molecular weight excluding hydrogens is 345 g/mol. The molecule has 1 aliphatic rings. The predicted molar refractivity (Wildman–Crippen MR) is 112 cm³/mol. The van der Waals surface area contributed by atoms with Crippen molar-refractivity contribution < 1.29 is 13.5 Å². The molecule has 0 amide bonds. The van der Waals surface area contributed by atoms with Gasteiger partial charge in [0.2, 0.25) is 0 Å². The number of anilines is 1. The highest BCUT2D eigenvalue weighted by Gasteiger charge is 2.51. The maximum atomic E-state index is 9.56. The van der Waals surface area contributed by atoms with Gasteiger partial charge in [0.15, 0.2) is 0 Å². The Morgan fingerprint density at radius 1 is 0.808 bits per heavy atom. The van der Waals surface area contributed by atoms with Gasteiger partial charge in [-0.15, -0.1) is 0 Å². The molecule has 3 rings (SSSR count). The zero-order valence-corrected chi connectivity index (χ0v) is 17.2. The van der Waals surface area contributed by atoms with Crippen molar-refractivity contribution in [2.24, 2.45) is 0 Å². The summed E-state index contributed by atoms with van der Waals surface area (Å²) in [7, 11) is -0.925. The lowest BCUT2D eigenvalue weighted by molar-refractivity contribution is 0.00578. The Bertz CT molecular complexity index is 738. The number of nitrogens with two attached hydrogens (primary N) is 1. The summed E-state index contributed by atoms with van der Waals surface area (Å²) in [5.74, 6) is 0. The molecule has 26 heavy (non-hydrogen) atoms. The molecule has 4 nitrogen and oxygen atoms in total. The van der Waals surface area contributed by atoms with Crippen LogP contribution in [0, 0.1) is 0 Å². The van der Waals surface area contributed by atoms with Crippen molar-refractivity contribution >= 4 is 29.1 Å². The molecule has 0 spiro atoms. The minimum Gasteiger partial charge on any atom is -0.399 e. The number of benzene rings is 2. The van der Waals surface area contributed by atoms with E-state index in [0.29, 0.717) is 0 Å². The van der Waals surface area contributed by atoms with Crippen LogP contribution in [0.15, 0.2) is 48.5 Å². The zero-order chi connectivity index (χ0) is 19.5. The summed E-state index contributed by atoms with van der Waals surface area (Å²) in [6, 6.07) is 16.2. The fourth-order valence-corrected chi connectivity index (χ4v) is 2.49. The monoisotopic (exact) mass is 373 g/mol. The minimum atomic E-state index is -0.611. The summed E-state index contributed by atoms with van der Waals surface area (Å²) >= 11 is 0. The van der Waals surface area contributed by atoms with E-state index in [1.165, 1.54) is 0 Å². The second-order valence-corrected chi connectivity index (χ2v) is 9.06. The first kappa shape index (κ1) is 20.7. The summed E-state index contributed by atoms with van der Waals surface area (Å²) in [4.78, 5) is 0. The molecule has 0 radical (unpaired) electrons. The van der Waals surface area contributed by atoms with Crippen LogP contribution in [0.1, 0.15) is 27.7 Å². The quantitative estimate of drug-likeness (QED) is 0.649. The van der Waals surface area contributed by atoms with E-state index in [-0.39, 0.29) is 18.3 Å². The summed E-state index contributed by atoms with van der Waals surface area (Å²) in [6.45, 7) is 8.26. The minimum absolute atomic E-state index is 0.312. The van der Waals surface area contributed by atoms with Gasteiger partial charge in [0, 0.05) is 29.0 Å². The molecular formula is C20H28BNO3S. The number of hydrogen-bond donors (Lipinski definition) is 1. The Morgan fingerprint density at radius 3 is 1.54 bits per heavy atom. The van der Waals surface area contributed by atoms with Gasteiger partial charge in [-0.1, -0.05) is 36.4 Å². The molecule has 140 valence electrons. The van der Waals surface area contributed by atoms with Crippen molar-refractivity contribution in [1.82, 2.24) is 0 Å². The van der Waals surface area contributed by atoms with Gasteiger partial charge in [0.1, 0.15) is 0 Å². The Balaban J connectivity index is 0.000000552. The lowest BCUT2D eigenvalue weighted by Gasteiger charge is -2.32. The molecule has 0 aliphatic carbocycles. The van der Waals surface area contributed by atoms with Crippen LogP contribution in [0.4, 0.5) is 5.69 Å². The third-order valence-corrected chi connectivity index (χ3v) is 4.68. The predicted octanol–water partition coefficient (Wildman–Crippen LogP) is 3.23. The van der Waals surface area contributed by atoms with Crippen molar-refractivity contribution in [3.8, 4) is 11.1 Å². The molecule has 0 aromatic heterocycles. The van der Waals surface area contributed by atoms with Crippen molar-refractivity contribution in [2.75, 3.05) is 18.2 Å². The first-order valence-corrected chi connectivity index (χ1v) is 10.5. The molecule has 6 heteroatoms. The topological polar surface area (TPSA) is 61.6 Å². The lowest BCUT2D eigenvalue weighted by atomic mass is 9.78. The van der Waals surface area contributed by atoms with E-state index < -0.39 is 10.8 Å². The van der Waals surface area contributed by atoms with Crippen LogP contribution < -0.4 is 11.2 Å². The van der Waals surface area contributed by atoms with Crippen LogP contribution in [0.3, 0.4) is 0 Å². The van der Waals surface area contributed by atoms with Gasteiger partial charge >= 0.3 is 7.12 Å². The van der Waals surface area contributed by atoms with Crippen molar-refractivity contribution in [3.63, 3.8) is 0 Å². The van der Waals surface area contributed by atoms with Crippen LogP contribution in [0.5, 0.6) is 0 Å². The Hall–Kier alpha value is -1.63. The van der Waals surface area contributed by atoms with Gasteiger partial charge in [-0.2, -0.15) is 0 Å². The highest BCUT2D eigenvalue weighted by Crippen LogP contribution is 2.36. The normalized spacial score (nSPS) is 17.7. The lowest BCUT2D eigenvalue weighted by Crippen LogP contribution is -2.41. The first-order chi connectivity index (χ1) is 12.0. The standard InChI is InChI=1S/C18H22BNO2.C2H6OS/c1-17(2)18(3,4)22-19(21-17)15-9-5-13(6-10-15)14-7-11-16(20)12-8-14;1-4(2)3/h5-12H,20H2,1-4H3;1-2H3. The SMILES string of the molecule is CC1(C)OB(c2ccc(-c3ccc(N)cc3)cc2)OC1(C)C.CS(C)=O. The highest BCUT2D eigenvalue weighted by atomic mass is 32.2. The van der Waals surface area contributed by atoms with E-state index in [9.17, 15) is 4.21 Å². The van der Waals surface area contributed by atoms with Gasteiger partial charge in [-0.3, -0.25) is 4.21 Å². The maximum absolute atomic E-state index is 9.56. The summed E-state index contributed by atoms with van der Waals surface area (Å²) in [5, 5.41) is 0. The second kappa shape index (κ2) is 7.95. The molecule has 2 N–H and O–H groups in total. The van der Waals surface area contributed by atoms with Crippen LogP contribution in [-0.2, 0) is 20.1 Å². The van der Waals surface area contributed by atoms with Gasteiger partial charge in [-0.05, 0) is 56.4 Å². The summed E-state index contributed by atoms with van der Waals surface area (Å²) in [5.41, 5.74) is 9.22. The van der Waals surface area contributed by atoms with Gasteiger partial charge in [0.25, 0.3) is 0 Å². The van der Waals surface area contributed by atoms with Gasteiger partial charge < -0.3 is 15.0 Å². The second-order valence-electron chi connectivity index (χ2n) is 7.57. The fourth-order valence-electron chi connectivity index (χ4n) is 2.49. The Morgan fingerprint density at radius 2 is 1.15 bits per heavy atom. The van der Waals surface area contributed by atoms with Crippen molar-refractivity contribution in [1.29, 1.82) is 0 Å². The smallest absolute Gasteiger partial charge is 0.399 e. The van der Waals surface area contributed by atoms with Gasteiger partial charge in [-0.25, -0.2) is 0 Å². The van der Waals surface area contributed by atoms with Gasteiger partial charge in [0.05, 0.1) is 11.2 Å². The third-order valence-electron chi connectivity index (χ3n) is 4.68. The van der Waals surface area contributed by atoms with Crippen LogP contribution in [0.25, 0.3) is 11.1 Å². The molecule has 1 aliphatic heterocycles. The molecule has 1 fully saturated rings. The van der Waals surface area contributed by atoms with Crippen molar-refractivity contribution in [3.05, 3.63) is 48.5 Å². The van der Waals surface area contributed by atoms with E-state index in [2.05, 4.69) is 52.0 Å². The molecule has 0 saturated carbocycles. The number of hydrogen-bond acceptors (Lipinski definition) is 4. The molecule has 0 bridgehead atoms. The molecule has 0 atom stereocenters. The molecule has 1 heterocycles. The van der Waals surface area contributed by atoms with E-state index in [1.54, 1.807) is 12.5 Å². The highest BCUT2D eigenvalue weighted by molar-refractivity contribution is 7.83. The van der Waals surface area contributed by atoms with Crippen molar-refractivity contribution in [2.45, 2.75) is 38.9 Å². The molecule has 1 saturated heterocycles. The van der Waals surface area contributed by atoms with E-state index in [4.69, 9.17) is 15.0 Å². The number of nitrogen functional groups attached to an aromatic ring is 1. The third kappa shape index (κ3) is 4.97. The molecule has 2 aromatic rings. The summed E-state index contributed by atoms with van der Waals surface area (Å²) in [6.07, 6.45) is 3.28. The fraction of sp³-hybridized carbons (Fsp3) is 0.400. The maximum Gasteiger partial charge on any atom is 0.494 e. The average molecular weight is 373 g/mol. The van der Waals surface area contributed by atoms with Crippen LogP contribution >= 0.6 is 0 Å². The van der Waals surface area contributed by atoms with E-state index >= 15 is 0 Å².